The molecular weight excluding hydrogens is 324 g/mol. The summed E-state index contributed by atoms with van der Waals surface area (Å²) in [4.78, 5) is 3.85. The lowest BCUT2D eigenvalue weighted by Gasteiger charge is -2.39. The zero-order valence-corrected chi connectivity index (χ0v) is 14.1. The van der Waals surface area contributed by atoms with Crippen LogP contribution in [-0.2, 0) is 11.3 Å². The molecule has 0 atom stereocenters. The maximum absolute atomic E-state index is 5.48. The summed E-state index contributed by atoms with van der Waals surface area (Å²) in [5, 5.41) is 5.60. The molecule has 0 spiro atoms. The molecule has 1 fully saturated rings. The van der Waals surface area contributed by atoms with Gasteiger partial charge in [-0.2, -0.15) is 0 Å². The van der Waals surface area contributed by atoms with E-state index in [1.807, 2.05) is 18.4 Å². The summed E-state index contributed by atoms with van der Waals surface area (Å²) in [6.07, 6.45) is 2.42. The molecule has 108 valence electrons. The fraction of sp³-hybridized carbons (Fsp3) is 0.714. The normalized spacial score (nSPS) is 18.9. The van der Waals surface area contributed by atoms with E-state index in [9.17, 15) is 0 Å². The topological polar surface area (TPSA) is 24.5 Å². The monoisotopic (exact) mass is 346 g/mol. The molecule has 5 heteroatoms. The van der Waals surface area contributed by atoms with Gasteiger partial charge in [0.1, 0.15) is 0 Å². The number of ether oxygens (including phenoxy) is 1. The minimum atomic E-state index is 0.323. The van der Waals surface area contributed by atoms with E-state index in [4.69, 9.17) is 4.74 Å². The number of nitrogens with one attached hydrogen (secondary N) is 1. The summed E-state index contributed by atoms with van der Waals surface area (Å²) < 4.78 is 6.67. The number of piperidine rings is 1. The SMILES string of the molecule is COCC1(CN(C)Cc2cc(Br)cs2)CCNCC1. The molecule has 1 aliphatic rings. The van der Waals surface area contributed by atoms with Crippen LogP contribution in [0.1, 0.15) is 17.7 Å². The smallest absolute Gasteiger partial charge is 0.0531 e. The Morgan fingerprint density at radius 3 is 2.79 bits per heavy atom. The van der Waals surface area contributed by atoms with Gasteiger partial charge in [-0.05, 0) is 55.0 Å². The van der Waals surface area contributed by atoms with Crippen LogP contribution in [-0.4, -0.2) is 45.3 Å². The van der Waals surface area contributed by atoms with Crippen molar-refractivity contribution in [3.8, 4) is 0 Å². The number of methoxy groups -OCH3 is 1. The third-order valence-corrected chi connectivity index (χ3v) is 5.45. The van der Waals surface area contributed by atoms with Crippen molar-refractivity contribution < 1.29 is 4.74 Å². The highest BCUT2D eigenvalue weighted by atomic mass is 79.9. The van der Waals surface area contributed by atoms with Gasteiger partial charge in [-0.1, -0.05) is 0 Å². The van der Waals surface area contributed by atoms with Gasteiger partial charge in [-0.25, -0.2) is 0 Å². The number of hydrogen-bond donors (Lipinski definition) is 1. The second-order valence-electron chi connectivity index (χ2n) is 5.59. The molecule has 0 aliphatic carbocycles. The average molecular weight is 347 g/mol. The van der Waals surface area contributed by atoms with Gasteiger partial charge in [0, 0.05) is 40.3 Å². The second-order valence-corrected chi connectivity index (χ2v) is 7.50. The zero-order valence-electron chi connectivity index (χ0n) is 11.7. The third-order valence-electron chi connectivity index (χ3n) is 3.77. The van der Waals surface area contributed by atoms with E-state index in [0.717, 1.165) is 32.8 Å². The van der Waals surface area contributed by atoms with Gasteiger partial charge in [-0.3, -0.25) is 0 Å². The first-order valence-electron chi connectivity index (χ1n) is 6.75. The molecule has 0 amide bonds. The van der Waals surface area contributed by atoms with Crippen LogP contribution in [0.4, 0.5) is 0 Å². The molecule has 0 aromatic carbocycles. The van der Waals surface area contributed by atoms with E-state index in [-0.39, 0.29) is 0 Å². The summed E-state index contributed by atoms with van der Waals surface area (Å²) in [5.41, 5.74) is 0.323. The number of nitrogens with zero attached hydrogens (tertiary/aromatic N) is 1. The van der Waals surface area contributed by atoms with Crippen LogP contribution in [0.3, 0.4) is 0 Å². The minimum absolute atomic E-state index is 0.323. The van der Waals surface area contributed by atoms with Crippen LogP contribution < -0.4 is 5.32 Å². The van der Waals surface area contributed by atoms with Gasteiger partial charge in [0.25, 0.3) is 0 Å². The molecule has 2 heterocycles. The van der Waals surface area contributed by atoms with Crippen LogP contribution in [0.2, 0.25) is 0 Å². The largest absolute Gasteiger partial charge is 0.384 e. The third kappa shape index (κ3) is 4.53. The highest BCUT2D eigenvalue weighted by molar-refractivity contribution is 9.10. The molecule has 1 aliphatic heterocycles. The molecule has 19 heavy (non-hydrogen) atoms. The number of rotatable bonds is 6. The van der Waals surface area contributed by atoms with Gasteiger partial charge in [0.2, 0.25) is 0 Å². The molecule has 0 radical (unpaired) electrons. The maximum Gasteiger partial charge on any atom is 0.0531 e. The molecule has 1 aromatic rings. The molecule has 3 nitrogen and oxygen atoms in total. The molecule has 0 unspecified atom stereocenters. The first kappa shape index (κ1) is 15.4. The van der Waals surface area contributed by atoms with Crippen molar-refractivity contribution in [2.75, 3.05) is 40.4 Å². The molecule has 0 saturated carbocycles. The van der Waals surface area contributed by atoms with Crippen molar-refractivity contribution in [1.29, 1.82) is 0 Å². The Bertz CT molecular complexity index is 385. The summed E-state index contributed by atoms with van der Waals surface area (Å²) in [7, 11) is 4.03. The van der Waals surface area contributed by atoms with Crippen LogP contribution in [0.25, 0.3) is 0 Å². The van der Waals surface area contributed by atoms with E-state index < -0.39 is 0 Å². The van der Waals surface area contributed by atoms with E-state index in [1.54, 1.807) is 0 Å². The van der Waals surface area contributed by atoms with Crippen molar-refractivity contribution in [3.05, 3.63) is 20.8 Å². The fourth-order valence-corrected chi connectivity index (χ4v) is 4.47. The van der Waals surface area contributed by atoms with E-state index >= 15 is 0 Å². The van der Waals surface area contributed by atoms with Gasteiger partial charge in [-0.15, -0.1) is 11.3 Å². The van der Waals surface area contributed by atoms with E-state index in [2.05, 4.69) is 44.6 Å². The summed E-state index contributed by atoms with van der Waals surface area (Å²) in [5.74, 6) is 0. The number of thiophene rings is 1. The summed E-state index contributed by atoms with van der Waals surface area (Å²) >= 11 is 5.34. The second kappa shape index (κ2) is 7.18. The van der Waals surface area contributed by atoms with Crippen LogP contribution >= 0.6 is 27.3 Å². The average Bonchev–Trinajstić information content (AvgIpc) is 2.75. The van der Waals surface area contributed by atoms with Crippen molar-refractivity contribution >= 4 is 27.3 Å². The van der Waals surface area contributed by atoms with Crippen LogP contribution in [0.15, 0.2) is 15.9 Å². The summed E-state index contributed by atoms with van der Waals surface area (Å²) in [6, 6.07) is 2.21. The number of hydrogen-bond acceptors (Lipinski definition) is 4. The fourth-order valence-electron chi connectivity index (χ4n) is 2.94. The van der Waals surface area contributed by atoms with Gasteiger partial charge in [0.15, 0.2) is 0 Å². The summed E-state index contributed by atoms with van der Waals surface area (Å²) in [6.45, 7) is 5.23. The molecule has 1 saturated heterocycles. The van der Waals surface area contributed by atoms with Crippen molar-refractivity contribution in [1.82, 2.24) is 10.2 Å². The van der Waals surface area contributed by atoms with Crippen molar-refractivity contribution in [2.45, 2.75) is 19.4 Å². The Balaban J connectivity index is 1.92. The minimum Gasteiger partial charge on any atom is -0.384 e. The molecule has 1 aromatic heterocycles. The number of halogens is 1. The maximum atomic E-state index is 5.48. The first-order chi connectivity index (χ1) is 9.13. The van der Waals surface area contributed by atoms with E-state index in [1.165, 1.54) is 22.2 Å². The Morgan fingerprint density at radius 2 is 2.21 bits per heavy atom. The van der Waals surface area contributed by atoms with Crippen molar-refractivity contribution in [2.24, 2.45) is 5.41 Å². The zero-order chi connectivity index (χ0) is 13.7. The quantitative estimate of drug-likeness (QED) is 0.856. The lowest BCUT2D eigenvalue weighted by atomic mass is 9.79. The van der Waals surface area contributed by atoms with Gasteiger partial charge in [0.05, 0.1) is 6.61 Å². The van der Waals surface area contributed by atoms with Gasteiger partial charge < -0.3 is 15.0 Å². The van der Waals surface area contributed by atoms with Crippen LogP contribution in [0.5, 0.6) is 0 Å². The molecular formula is C14H23BrN2OS. The Hall–Kier alpha value is 0.0600. The predicted octanol–water partition coefficient (Wildman–Crippen LogP) is 2.96. The first-order valence-corrected chi connectivity index (χ1v) is 8.42. The predicted molar refractivity (Wildman–Crippen MR) is 84.8 cm³/mol. The molecule has 1 N–H and O–H groups in total. The van der Waals surface area contributed by atoms with Crippen molar-refractivity contribution in [3.63, 3.8) is 0 Å². The Labute approximate surface area is 128 Å². The van der Waals surface area contributed by atoms with E-state index in [0.29, 0.717) is 5.41 Å². The standard InChI is InChI=1S/C14H23BrN2OS/c1-17(8-13-7-12(15)9-19-13)10-14(11-18-2)3-5-16-6-4-14/h7,9,16H,3-6,8,10-11H2,1-2H3. The van der Waals surface area contributed by atoms with Crippen LogP contribution in [0, 0.1) is 5.41 Å². The molecule has 2 rings (SSSR count). The Morgan fingerprint density at radius 1 is 1.47 bits per heavy atom. The van der Waals surface area contributed by atoms with Gasteiger partial charge >= 0.3 is 0 Å². The Kier molecular flexibility index (Phi) is 5.84. The lowest BCUT2D eigenvalue weighted by molar-refractivity contribution is 0.0271. The lowest BCUT2D eigenvalue weighted by Crippen LogP contribution is -2.46. The highest BCUT2D eigenvalue weighted by Gasteiger charge is 2.33. The molecule has 0 bridgehead atoms. The highest BCUT2D eigenvalue weighted by Crippen LogP contribution is 2.31.